The zero-order valence-corrected chi connectivity index (χ0v) is 11.9. The van der Waals surface area contributed by atoms with Crippen LogP contribution in [0.2, 0.25) is 0 Å². The highest BCUT2D eigenvalue weighted by Gasteiger charge is 2.16. The van der Waals surface area contributed by atoms with Crippen LogP contribution in [0.15, 0.2) is 36.4 Å². The SMILES string of the molecule is CCOc1cccc(N)c1C(=O)Nc1cc(C)cc(F)c1. The van der Waals surface area contributed by atoms with Gasteiger partial charge in [0.15, 0.2) is 0 Å². The first-order valence-electron chi connectivity index (χ1n) is 6.61. The maximum atomic E-state index is 13.4. The Morgan fingerprint density at radius 1 is 1.33 bits per heavy atom. The van der Waals surface area contributed by atoms with Gasteiger partial charge in [0.1, 0.15) is 17.1 Å². The minimum absolute atomic E-state index is 0.251. The second-order valence-corrected chi connectivity index (χ2v) is 4.62. The van der Waals surface area contributed by atoms with Crippen LogP contribution in [0.4, 0.5) is 15.8 Å². The number of halogens is 1. The molecule has 4 nitrogen and oxygen atoms in total. The lowest BCUT2D eigenvalue weighted by Gasteiger charge is -2.13. The number of carbonyl (C=O) groups is 1. The Morgan fingerprint density at radius 2 is 2.10 bits per heavy atom. The van der Waals surface area contributed by atoms with Gasteiger partial charge in [-0.15, -0.1) is 0 Å². The molecule has 5 heteroatoms. The van der Waals surface area contributed by atoms with Crippen LogP contribution in [0.3, 0.4) is 0 Å². The summed E-state index contributed by atoms with van der Waals surface area (Å²) in [4.78, 5) is 12.4. The van der Waals surface area contributed by atoms with Gasteiger partial charge in [0.05, 0.1) is 6.61 Å². The molecule has 110 valence electrons. The highest BCUT2D eigenvalue weighted by molar-refractivity contribution is 6.09. The van der Waals surface area contributed by atoms with E-state index in [1.165, 1.54) is 12.1 Å². The second-order valence-electron chi connectivity index (χ2n) is 4.62. The number of rotatable bonds is 4. The quantitative estimate of drug-likeness (QED) is 0.848. The van der Waals surface area contributed by atoms with Crippen LogP contribution in [-0.2, 0) is 0 Å². The first-order chi connectivity index (χ1) is 10.0. The lowest BCUT2D eigenvalue weighted by Crippen LogP contribution is -2.16. The van der Waals surface area contributed by atoms with Crippen LogP contribution in [0.25, 0.3) is 0 Å². The number of ether oxygens (including phenoxy) is 1. The van der Waals surface area contributed by atoms with E-state index in [1.54, 1.807) is 31.2 Å². The number of carbonyl (C=O) groups excluding carboxylic acids is 1. The summed E-state index contributed by atoms with van der Waals surface area (Å²) >= 11 is 0. The Hall–Kier alpha value is -2.56. The van der Waals surface area contributed by atoms with E-state index in [2.05, 4.69) is 5.32 Å². The fourth-order valence-electron chi connectivity index (χ4n) is 2.07. The van der Waals surface area contributed by atoms with E-state index >= 15 is 0 Å². The molecule has 0 unspecified atom stereocenters. The lowest BCUT2D eigenvalue weighted by atomic mass is 10.1. The van der Waals surface area contributed by atoms with Crippen molar-refractivity contribution < 1.29 is 13.9 Å². The standard InChI is InChI=1S/C16H17FN2O2/c1-3-21-14-6-4-5-13(18)15(14)16(20)19-12-8-10(2)7-11(17)9-12/h4-9H,3,18H2,1-2H3,(H,19,20). The lowest BCUT2D eigenvalue weighted by molar-refractivity contribution is 0.102. The third-order valence-corrected chi connectivity index (χ3v) is 2.89. The molecule has 0 aliphatic heterocycles. The third kappa shape index (κ3) is 3.51. The number of nitrogen functional groups attached to an aromatic ring is 1. The summed E-state index contributed by atoms with van der Waals surface area (Å²) in [6.45, 7) is 3.99. The molecule has 0 spiro atoms. The van der Waals surface area contributed by atoms with Crippen molar-refractivity contribution in [2.75, 3.05) is 17.7 Å². The normalized spacial score (nSPS) is 10.2. The minimum atomic E-state index is -0.429. The Kier molecular flexibility index (Phi) is 4.42. The molecule has 0 heterocycles. The molecule has 0 radical (unpaired) electrons. The van der Waals surface area contributed by atoms with Crippen LogP contribution in [-0.4, -0.2) is 12.5 Å². The molecule has 0 fully saturated rings. The van der Waals surface area contributed by atoms with E-state index in [1.807, 2.05) is 6.92 Å². The van der Waals surface area contributed by atoms with Crippen molar-refractivity contribution in [3.63, 3.8) is 0 Å². The van der Waals surface area contributed by atoms with Gasteiger partial charge in [-0.25, -0.2) is 4.39 Å². The summed E-state index contributed by atoms with van der Waals surface area (Å²) in [5.74, 6) is -0.430. The van der Waals surface area contributed by atoms with Gasteiger partial charge < -0.3 is 15.8 Å². The molecular weight excluding hydrogens is 271 g/mol. The van der Waals surface area contributed by atoms with Crippen LogP contribution < -0.4 is 15.8 Å². The van der Waals surface area contributed by atoms with Crippen LogP contribution in [0.1, 0.15) is 22.8 Å². The van der Waals surface area contributed by atoms with Gasteiger partial charge in [0.25, 0.3) is 5.91 Å². The monoisotopic (exact) mass is 288 g/mol. The largest absolute Gasteiger partial charge is 0.493 e. The van der Waals surface area contributed by atoms with E-state index in [0.29, 0.717) is 23.7 Å². The minimum Gasteiger partial charge on any atom is -0.493 e. The molecule has 0 bridgehead atoms. The number of benzene rings is 2. The Labute approximate surface area is 122 Å². The molecule has 0 saturated carbocycles. The van der Waals surface area contributed by atoms with Crippen LogP contribution in [0, 0.1) is 12.7 Å². The topological polar surface area (TPSA) is 64.3 Å². The van der Waals surface area contributed by atoms with Crippen LogP contribution in [0.5, 0.6) is 5.75 Å². The maximum Gasteiger partial charge on any atom is 0.261 e. The van der Waals surface area contributed by atoms with Crippen molar-refractivity contribution in [2.45, 2.75) is 13.8 Å². The number of hydrogen-bond donors (Lipinski definition) is 2. The van der Waals surface area contributed by atoms with Gasteiger partial charge in [-0.2, -0.15) is 0 Å². The Bertz CT molecular complexity index is 651. The second kappa shape index (κ2) is 6.26. The molecule has 2 rings (SSSR count). The zero-order chi connectivity index (χ0) is 15.4. The van der Waals surface area contributed by atoms with Gasteiger partial charge >= 0.3 is 0 Å². The van der Waals surface area contributed by atoms with E-state index in [9.17, 15) is 9.18 Å². The fourth-order valence-corrected chi connectivity index (χ4v) is 2.07. The zero-order valence-electron chi connectivity index (χ0n) is 11.9. The first-order valence-corrected chi connectivity index (χ1v) is 6.61. The number of anilines is 2. The molecule has 0 atom stereocenters. The summed E-state index contributed by atoms with van der Waals surface area (Å²) in [6.07, 6.45) is 0. The van der Waals surface area contributed by atoms with Crippen molar-refractivity contribution in [1.82, 2.24) is 0 Å². The van der Waals surface area contributed by atoms with Gasteiger partial charge in [-0.05, 0) is 49.7 Å². The maximum absolute atomic E-state index is 13.4. The van der Waals surface area contributed by atoms with E-state index < -0.39 is 11.7 Å². The average Bonchev–Trinajstić information content (AvgIpc) is 2.37. The first kappa shape index (κ1) is 14.8. The highest BCUT2D eigenvalue weighted by atomic mass is 19.1. The van der Waals surface area contributed by atoms with E-state index in [4.69, 9.17) is 10.5 Å². The van der Waals surface area contributed by atoms with Gasteiger partial charge in [-0.1, -0.05) is 6.07 Å². The third-order valence-electron chi connectivity index (χ3n) is 2.89. The molecule has 21 heavy (non-hydrogen) atoms. The van der Waals surface area contributed by atoms with Gasteiger partial charge in [-0.3, -0.25) is 4.79 Å². The molecule has 0 aliphatic carbocycles. The summed E-state index contributed by atoms with van der Waals surface area (Å²) in [7, 11) is 0. The fraction of sp³-hybridized carbons (Fsp3) is 0.188. The Morgan fingerprint density at radius 3 is 2.76 bits per heavy atom. The van der Waals surface area contributed by atoms with Crippen molar-refractivity contribution in [3.8, 4) is 5.75 Å². The smallest absolute Gasteiger partial charge is 0.261 e. The van der Waals surface area contributed by atoms with Crippen LogP contribution >= 0.6 is 0 Å². The number of amides is 1. The number of nitrogens with one attached hydrogen (secondary N) is 1. The number of hydrogen-bond acceptors (Lipinski definition) is 3. The molecule has 1 amide bonds. The predicted molar refractivity (Wildman–Crippen MR) is 81.1 cm³/mol. The molecule has 2 aromatic rings. The molecule has 3 N–H and O–H groups in total. The molecule has 0 aliphatic rings. The van der Waals surface area contributed by atoms with Crippen molar-refractivity contribution in [2.24, 2.45) is 0 Å². The number of aryl methyl sites for hydroxylation is 1. The Balaban J connectivity index is 2.32. The highest BCUT2D eigenvalue weighted by Crippen LogP contribution is 2.26. The van der Waals surface area contributed by atoms with E-state index in [-0.39, 0.29) is 5.56 Å². The van der Waals surface area contributed by atoms with Crippen molar-refractivity contribution in [1.29, 1.82) is 0 Å². The predicted octanol–water partition coefficient (Wildman–Crippen LogP) is 3.37. The summed E-state index contributed by atoms with van der Waals surface area (Å²) in [5, 5.41) is 2.64. The van der Waals surface area contributed by atoms with Crippen molar-refractivity contribution >= 4 is 17.3 Å². The van der Waals surface area contributed by atoms with Crippen molar-refractivity contribution in [3.05, 3.63) is 53.3 Å². The molecule has 2 aromatic carbocycles. The summed E-state index contributed by atoms with van der Waals surface area (Å²) in [6, 6.07) is 9.33. The number of nitrogens with two attached hydrogens (primary N) is 1. The summed E-state index contributed by atoms with van der Waals surface area (Å²) in [5.41, 5.74) is 7.51. The molecule has 0 aromatic heterocycles. The summed E-state index contributed by atoms with van der Waals surface area (Å²) < 4.78 is 18.8. The van der Waals surface area contributed by atoms with Gasteiger partial charge in [0.2, 0.25) is 0 Å². The van der Waals surface area contributed by atoms with E-state index in [0.717, 1.165) is 5.56 Å². The molecule has 0 saturated heterocycles. The molecular formula is C16H17FN2O2. The van der Waals surface area contributed by atoms with Gasteiger partial charge in [0, 0.05) is 11.4 Å². The average molecular weight is 288 g/mol.